The Morgan fingerprint density at radius 1 is 1.62 bits per heavy atom. The summed E-state index contributed by atoms with van der Waals surface area (Å²) in [5, 5.41) is 3.59. The monoisotopic (exact) mass is 229 g/mol. The van der Waals surface area contributed by atoms with Gasteiger partial charge in [-0.05, 0) is 18.4 Å². The van der Waals surface area contributed by atoms with Gasteiger partial charge >= 0.3 is 5.97 Å². The molecule has 3 atom stereocenters. The van der Waals surface area contributed by atoms with Crippen molar-refractivity contribution in [3.63, 3.8) is 0 Å². The molecule has 1 heterocycles. The second-order valence-electron chi connectivity index (χ2n) is 3.51. The minimum absolute atomic E-state index is 0.195. The van der Waals surface area contributed by atoms with Gasteiger partial charge < -0.3 is 14.2 Å². The predicted molar refractivity (Wildman–Crippen MR) is 54.5 cm³/mol. The molecule has 1 aliphatic rings. The van der Waals surface area contributed by atoms with Crippen molar-refractivity contribution in [2.75, 3.05) is 13.7 Å². The Bertz CT molecular complexity index is 290. The number of methoxy groups -OCH3 is 1. The molecule has 0 aromatic heterocycles. The molecule has 16 heavy (non-hydrogen) atoms. The van der Waals surface area contributed by atoms with Gasteiger partial charge in [0.05, 0.1) is 12.1 Å². The summed E-state index contributed by atoms with van der Waals surface area (Å²) in [7, 11) is 1.48. The van der Waals surface area contributed by atoms with E-state index in [0.29, 0.717) is 12.8 Å². The highest BCUT2D eigenvalue weighted by Gasteiger charge is 2.31. The first kappa shape index (κ1) is 12.8. The van der Waals surface area contributed by atoms with E-state index in [1.54, 1.807) is 0 Å². The van der Waals surface area contributed by atoms with Crippen LogP contribution in [0.25, 0.3) is 10.4 Å². The van der Waals surface area contributed by atoms with Gasteiger partial charge in [-0.15, -0.1) is 0 Å². The van der Waals surface area contributed by atoms with E-state index >= 15 is 0 Å². The fourth-order valence-electron chi connectivity index (χ4n) is 1.57. The van der Waals surface area contributed by atoms with Gasteiger partial charge in [-0.2, -0.15) is 0 Å². The van der Waals surface area contributed by atoms with Gasteiger partial charge in [0, 0.05) is 18.9 Å². The number of ether oxygens (including phenoxy) is 3. The third-order valence-corrected chi connectivity index (χ3v) is 2.33. The quantitative estimate of drug-likeness (QED) is 0.315. The molecule has 0 bridgehead atoms. The number of hydrogen-bond donors (Lipinski definition) is 0. The summed E-state index contributed by atoms with van der Waals surface area (Å²) in [6.07, 6.45) is 0.579. The Kier molecular flexibility index (Phi) is 5.04. The zero-order chi connectivity index (χ0) is 12.0. The molecule has 7 heteroatoms. The first-order valence-electron chi connectivity index (χ1n) is 5.03. The second-order valence-corrected chi connectivity index (χ2v) is 3.51. The van der Waals surface area contributed by atoms with Crippen molar-refractivity contribution < 1.29 is 19.0 Å². The molecule has 0 radical (unpaired) electrons. The fourth-order valence-corrected chi connectivity index (χ4v) is 1.57. The summed E-state index contributed by atoms with van der Waals surface area (Å²) >= 11 is 0. The molecular weight excluding hydrogens is 214 g/mol. The van der Waals surface area contributed by atoms with Crippen LogP contribution < -0.4 is 0 Å². The van der Waals surface area contributed by atoms with Gasteiger partial charge in [0.2, 0.25) is 0 Å². The first-order valence-corrected chi connectivity index (χ1v) is 5.03. The molecule has 0 N–H and O–H groups in total. The Hall–Kier alpha value is -1.30. The van der Waals surface area contributed by atoms with Crippen LogP contribution >= 0.6 is 0 Å². The smallest absolute Gasteiger partial charge is 0.302 e. The second kappa shape index (κ2) is 6.32. The fraction of sp³-hybridized carbons (Fsp3) is 0.889. The van der Waals surface area contributed by atoms with Crippen LogP contribution in [0.5, 0.6) is 0 Å². The van der Waals surface area contributed by atoms with Crippen LogP contribution in [0.1, 0.15) is 19.8 Å². The van der Waals surface area contributed by atoms with E-state index in [-0.39, 0.29) is 24.7 Å². The molecule has 90 valence electrons. The molecule has 0 aromatic rings. The van der Waals surface area contributed by atoms with Crippen LogP contribution in [0.2, 0.25) is 0 Å². The summed E-state index contributed by atoms with van der Waals surface area (Å²) < 4.78 is 15.4. The highest BCUT2D eigenvalue weighted by atomic mass is 16.7. The maximum Gasteiger partial charge on any atom is 0.302 e. The van der Waals surface area contributed by atoms with Crippen LogP contribution in [-0.2, 0) is 19.0 Å². The van der Waals surface area contributed by atoms with Crippen LogP contribution in [0.3, 0.4) is 0 Å². The number of rotatable bonds is 4. The maximum atomic E-state index is 10.6. The van der Waals surface area contributed by atoms with Gasteiger partial charge in [0.1, 0.15) is 6.61 Å². The summed E-state index contributed by atoms with van der Waals surface area (Å²) in [6, 6.07) is -0.316. The molecule has 0 aromatic carbocycles. The van der Waals surface area contributed by atoms with E-state index in [0.717, 1.165) is 0 Å². The van der Waals surface area contributed by atoms with Gasteiger partial charge in [0.15, 0.2) is 6.29 Å². The van der Waals surface area contributed by atoms with Crippen molar-refractivity contribution in [1.29, 1.82) is 0 Å². The number of esters is 1. The molecule has 1 fully saturated rings. The van der Waals surface area contributed by atoms with E-state index in [1.165, 1.54) is 14.0 Å². The normalized spacial score (nSPS) is 29.2. The largest absolute Gasteiger partial charge is 0.463 e. The van der Waals surface area contributed by atoms with E-state index in [1.807, 2.05) is 0 Å². The van der Waals surface area contributed by atoms with Crippen molar-refractivity contribution in [1.82, 2.24) is 0 Å². The average molecular weight is 229 g/mol. The lowest BCUT2D eigenvalue weighted by atomic mass is 10.0. The van der Waals surface area contributed by atoms with Crippen molar-refractivity contribution in [3.05, 3.63) is 10.4 Å². The minimum Gasteiger partial charge on any atom is -0.463 e. The third-order valence-electron chi connectivity index (χ3n) is 2.33. The summed E-state index contributed by atoms with van der Waals surface area (Å²) in [6.45, 7) is 1.55. The number of azide groups is 1. The van der Waals surface area contributed by atoms with E-state index in [9.17, 15) is 4.79 Å². The molecule has 1 rings (SSSR count). The topological polar surface area (TPSA) is 93.5 Å². The Morgan fingerprint density at radius 3 is 2.94 bits per heavy atom. The third kappa shape index (κ3) is 3.69. The van der Waals surface area contributed by atoms with Gasteiger partial charge in [-0.25, -0.2) is 0 Å². The van der Waals surface area contributed by atoms with Crippen LogP contribution in [0, 0.1) is 0 Å². The zero-order valence-corrected chi connectivity index (χ0v) is 9.33. The van der Waals surface area contributed by atoms with Crippen molar-refractivity contribution in [2.45, 2.75) is 38.2 Å². The van der Waals surface area contributed by atoms with Crippen LogP contribution in [0.4, 0.5) is 0 Å². The Morgan fingerprint density at radius 2 is 2.38 bits per heavy atom. The lowest BCUT2D eigenvalue weighted by Crippen LogP contribution is -2.40. The van der Waals surface area contributed by atoms with Crippen molar-refractivity contribution in [3.8, 4) is 0 Å². The van der Waals surface area contributed by atoms with E-state index in [2.05, 4.69) is 10.0 Å². The number of nitrogens with zero attached hydrogens (tertiary/aromatic N) is 3. The average Bonchev–Trinajstić information content (AvgIpc) is 2.28. The summed E-state index contributed by atoms with van der Waals surface area (Å²) in [5.41, 5.74) is 8.35. The lowest BCUT2D eigenvalue weighted by molar-refractivity contribution is -0.201. The molecular formula is C9H15N3O4. The zero-order valence-electron chi connectivity index (χ0n) is 9.33. The molecule has 0 saturated carbocycles. The van der Waals surface area contributed by atoms with E-state index in [4.69, 9.17) is 19.7 Å². The maximum absolute atomic E-state index is 10.6. The molecule has 0 unspecified atom stereocenters. The highest BCUT2D eigenvalue weighted by Crippen LogP contribution is 2.23. The van der Waals surface area contributed by atoms with Gasteiger partial charge in [-0.3, -0.25) is 4.79 Å². The predicted octanol–water partition coefficient (Wildman–Crippen LogP) is 1.38. The number of carbonyl (C=O) groups is 1. The highest BCUT2D eigenvalue weighted by molar-refractivity contribution is 5.65. The summed E-state index contributed by atoms with van der Waals surface area (Å²) in [4.78, 5) is 13.4. The number of carbonyl (C=O) groups excluding carboxylic acids is 1. The van der Waals surface area contributed by atoms with Gasteiger partial charge in [-0.1, -0.05) is 5.11 Å². The molecule has 1 aliphatic heterocycles. The van der Waals surface area contributed by atoms with Crippen molar-refractivity contribution in [2.24, 2.45) is 5.11 Å². The minimum atomic E-state index is -0.565. The van der Waals surface area contributed by atoms with Crippen LogP contribution in [-0.4, -0.2) is 38.1 Å². The van der Waals surface area contributed by atoms with Crippen LogP contribution in [0.15, 0.2) is 5.11 Å². The summed E-state index contributed by atoms with van der Waals surface area (Å²) in [5.74, 6) is -0.338. The van der Waals surface area contributed by atoms with Gasteiger partial charge in [0.25, 0.3) is 0 Å². The van der Waals surface area contributed by atoms with E-state index < -0.39 is 6.29 Å². The first-order chi connectivity index (χ1) is 7.67. The molecule has 0 spiro atoms. The standard InChI is InChI=1S/C9H15N3O4/c1-6(13)15-5-7-3-4-8(11-12-10)9(14-2)16-7/h7-9H,3-5H2,1-2H3/t7-,8-,9+/m0/s1. The SMILES string of the molecule is CO[C@@H]1O[C@H](COC(C)=O)CC[C@@H]1N=[N+]=[N-]. The van der Waals surface area contributed by atoms with Crippen molar-refractivity contribution >= 4 is 5.97 Å². The molecule has 0 aliphatic carbocycles. The Balaban J connectivity index is 2.45. The molecule has 1 saturated heterocycles. The lowest BCUT2D eigenvalue weighted by Gasteiger charge is -2.32. The molecule has 7 nitrogen and oxygen atoms in total. The Labute approximate surface area is 93.3 Å². The molecule has 0 amide bonds. The number of hydrogen-bond acceptors (Lipinski definition) is 5.